The van der Waals surface area contributed by atoms with Gasteiger partial charge >= 0.3 is 5.97 Å². The van der Waals surface area contributed by atoms with Crippen LogP contribution < -0.4 is 5.32 Å². The Hall–Kier alpha value is -2.09. The first kappa shape index (κ1) is 15.3. The molecule has 1 aliphatic rings. The summed E-state index contributed by atoms with van der Waals surface area (Å²) in [5.74, 6) is -2.45. The van der Waals surface area contributed by atoms with E-state index in [1.807, 2.05) is 0 Å². The molecule has 1 unspecified atom stereocenters. The van der Waals surface area contributed by atoms with Crippen LogP contribution in [0, 0.1) is 0 Å². The van der Waals surface area contributed by atoms with Gasteiger partial charge in [-0.1, -0.05) is 6.42 Å². The fourth-order valence-electron chi connectivity index (χ4n) is 2.26. The molecule has 1 amide bonds. The van der Waals surface area contributed by atoms with Gasteiger partial charge in [-0.05, 0) is 31.0 Å². The Bertz CT molecular complexity index is 682. The first-order valence-electron chi connectivity index (χ1n) is 6.40. The number of carboxylic acid groups (broad SMARTS) is 1. The fraction of sp³-hybridized carbons (Fsp3) is 0.385. The van der Waals surface area contributed by atoms with Gasteiger partial charge in [0.15, 0.2) is 9.84 Å². The van der Waals surface area contributed by atoms with E-state index in [0.29, 0.717) is 12.8 Å². The molecule has 1 atom stereocenters. The molecule has 0 aliphatic carbocycles. The molecule has 1 fully saturated rings. The average molecular weight is 313 g/mol. The maximum absolute atomic E-state index is 12.0. The van der Waals surface area contributed by atoms with Gasteiger partial charge in [-0.3, -0.25) is 4.79 Å². The van der Waals surface area contributed by atoms with E-state index in [1.165, 1.54) is 6.07 Å². The number of hydrogen-bond acceptors (Lipinski definition) is 5. The van der Waals surface area contributed by atoms with Crippen molar-refractivity contribution in [3.63, 3.8) is 0 Å². The highest BCUT2D eigenvalue weighted by Gasteiger charge is 2.34. The molecule has 8 heteroatoms. The number of sulfone groups is 1. The van der Waals surface area contributed by atoms with Crippen LogP contribution in [-0.2, 0) is 14.6 Å². The van der Waals surface area contributed by atoms with Crippen LogP contribution in [-0.4, -0.2) is 41.5 Å². The highest BCUT2D eigenvalue weighted by molar-refractivity contribution is 7.92. The van der Waals surface area contributed by atoms with Crippen LogP contribution in [0.5, 0.6) is 5.75 Å². The number of rotatable bonds is 3. The van der Waals surface area contributed by atoms with Crippen molar-refractivity contribution >= 4 is 27.4 Å². The number of nitrogens with one attached hydrogen (secondary N) is 1. The van der Waals surface area contributed by atoms with Crippen molar-refractivity contribution in [1.29, 1.82) is 0 Å². The Morgan fingerprint density at radius 1 is 1.24 bits per heavy atom. The molecule has 7 nitrogen and oxygen atoms in total. The third-order valence-corrected chi connectivity index (χ3v) is 5.54. The van der Waals surface area contributed by atoms with Gasteiger partial charge in [-0.15, -0.1) is 0 Å². The largest absolute Gasteiger partial charge is 0.507 e. The normalized spacial score (nSPS) is 20.7. The van der Waals surface area contributed by atoms with Crippen molar-refractivity contribution in [1.82, 2.24) is 0 Å². The monoisotopic (exact) mass is 313 g/mol. The van der Waals surface area contributed by atoms with Gasteiger partial charge in [0.05, 0.1) is 5.75 Å². The van der Waals surface area contributed by atoms with Gasteiger partial charge < -0.3 is 15.5 Å². The second kappa shape index (κ2) is 5.72. The summed E-state index contributed by atoms with van der Waals surface area (Å²) in [5, 5.41) is 19.6. The molecule has 2 rings (SSSR count). The lowest BCUT2D eigenvalue weighted by Gasteiger charge is -2.21. The topological polar surface area (TPSA) is 121 Å². The van der Waals surface area contributed by atoms with Crippen LogP contribution in [0.1, 0.15) is 29.6 Å². The molecular weight excluding hydrogens is 298 g/mol. The zero-order valence-electron chi connectivity index (χ0n) is 11.1. The summed E-state index contributed by atoms with van der Waals surface area (Å²) in [6.07, 6.45) is 1.47. The summed E-state index contributed by atoms with van der Waals surface area (Å²) in [7, 11) is -3.46. The number of aromatic carboxylic acids is 1. The van der Waals surface area contributed by atoms with Crippen molar-refractivity contribution in [3.05, 3.63) is 23.8 Å². The van der Waals surface area contributed by atoms with Gasteiger partial charge in [0, 0.05) is 5.69 Å². The van der Waals surface area contributed by atoms with Crippen LogP contribution in [0.25, 0.3) is 0 Å². The van der Waals surface area contributed by atoms with Gasteiger partial charge in [0.25, 0.3) is 0 Å². The molecule has 1 heterocycles. The highest BCUT2D eigenvalue weighted by atomic mass is 32.2. The predicted molar refractivity (Wildman–Crippen MR) is 75.1 cm³/mol. The highest BCUT2D eigenvalue weighted by Crippen LogP contribution is 2.24. The number of aromatic hydroxyl groups is 1. The Balaban J connectivity index is 2.20. The summed E-state index contributed by atoms with van der Waals surface area (Å²) in [6, 6.07) is 3.54. The lowest BCUT2D eigenvalue weighted by atomic mass is 10.1. The lowest BCUT2D eigenvalue weighted by molar-refractivity contribution is -0.116. The van der Waals surface area contributed by atoms with E-state index in [1.54, 1.807) is 0 Å². The van der Waals surface area contributed by atoms with Gasteiger partial charge in [-0.25, -0.2) is 13.2 Å². The molecule has 0 radical (unpaired) electrons. The van der Waals surface area contributed by atoms with Crippen molar-refractivity contribution in [3.8, 4) is 5.75 Å². The number of amides is 1. The van der Waals surface area contributed by atoms with Crippen molar-refractivity contribution in [2.45, 2.75) is 24.5 Å². The molecule has 3 N–H and O–H groups in total. The molecule has 0 saturated carbocycles. The fourth-order valence-corrected chi connectivity index (χ4v) is 4.06. The van der Waals surface area contributed by atoms with E-state index in [2.05, 4.69) is 5.32 Å². The van der Waals surface area contributed by atoms with E-state index in [4.69, 9.17) is 5.11 Å². The SMILES string of the molecule is O=C(O)c1cc(NC(=O)C2CCCCS2(=O)=O)ccc1O. The molecule has 21 heavy (non-hydrogen) atoms. The minimum absolute atomic E-state index is 0.0129. The second-order valence-corrected chi connectivity index (χ2v) is 7.18. The smallest absolute Gasteiger partial charge is 0.339 e. The number of hydrogen-bond donors (Lipinski definition) is 3. The number of carboxylic acids is 1. The molecule has 1 aliphatic heterocycles. The van der Waals surface area contributed by atoms with Crippen LogP contribution >= 0.6 is 0 Å². The first-order valence-corrected chi connectivity index (χ1v) is 8.11. The quantitative estimate of drug-likeness (QED) is 0.716. The third kappa shape index (κ3) is 3.33. The average Bonchev–Trinajstić information content (AvgIpc) is 2.40. The van der Waals surface area contributed by atoms with E-state index in [0.717, 1.165) is 12.1 Å². The van der Waals surface area contributed by atoms with Crippen molar-refractivity contribution < 1.29 is 28.2 Å². The van der Waals surface area contributed by atoms with Crippen LogP contribution in [0.3, 0.4) is 0 Å². The second-order valence-electron chi connectivity index (χ2n) is 4.88. The molecular formula is C13H15NO6S. The molecule has 0 aromatic heterocycles. The minimum Gasteiger partial charge on any atom is -0.507 e. The summed E-state index contributed by atoms with van der Waals surface area (Å²) in [5.41, 5.74) is -0.227. The minimum atomic E-state index is -3.46. The molecule has 0 bridgehead atoms. The van der Waals surface area contributed by atoms with Crippen LogP contribution in [0.4, 0.5) is 5.69 Å². The Morgan fingerprint density at radius 2 is 1.95 bits per heavy atom. The molecule has 114 valence electrons. The maximum atomic E-state index is 12.0. The summed E-state index contributed by atoms with van der Waals surface area (Å²) < 4.78 is 23.7. The standard InChI is InChI=1S/C13H15NO6S/c15-10-5-4-8(7-9(10)13(17)18)14-12(16)11-3-1-2-6-21(11,19)20/h4-5,7,11,15H,1-3,6H2,(H,14,16)(H,17,18). The summed E-state index contributed by atoms with van der Waals surface area (Å²) in [4.78, 5) is 22.9. The van der Waals surface area contributed by atoms with Crippen molar-refractivity contribution in [2.75, 3.05) is 11.1 Å². The molecule has 0 spiro atoms. The molecule has 1 aromatic rings. The number of phenols is 1. The van der Waals surface area contributed by atoms with Gasteiger partial charge in [0.2, 0.25) is 5.91 Å². The van der Waals surface area contributed by atoms with E-state index in [9.17, 15) is 23.1 Å². The predicted octanol–water partition coefficient (Wildman–Crippen LogP) is 0.996. The number of benzene rings is 1. The van der Waals surface area contributed by atoms with Gasteiger partial charge in [0.1, 0.15) is 16.6 Å². The Morgan fingerprint density at radius 3 is 2.57 bits per heavy atom. The molecule has 1 saturated heterocycles. The Kier molecular flexibility index (Phi) is 4.17. The summed E-state index contributed by atoms with van der Waals surface area (Å²) >= 11 is 0. The number of carbonyl (C=O) groups excluding carboxylic acids is 1. The van der Waals surface area contributed by atoms with Gasteiger partial charge in [-0.2, -0.15) is 0 Å². The summed E-state index contributed by atoms with van der Waals surface area (Å²) in [6.45, 7) is 0. The first-order chi connectivity index (χ1) is 9.81. The zero-order valence-corrected chi connectivity index (χ0v) is 11.9. The number of anilines is 1. The van der Waals surface area contributed by atoms with Crippen LogP contribution in [0.15, 0.2) is 18.2 Å². The van der Waals surface area contributed by atoms with Crippen molar-refractivity contribution in [2.24, 2.45) is 0 Å². The third-order valence-electron chi connectivity index (χ3n) is 3.37. The van der Waals surface area contributed by atoms with E-state index < -0.39 is 32.7 Å². The van der Waals surface area contributed by atoms with E-state index >= 15 is 0 Å². The Labute approximate surface area is 121 Å². The number of carbonyl (C=O) groups is 2. The zero-order chi connectivity index (χ0) is 15.6. The van der Waals surface area contributed by atoms with E-state index in [-0.39, 0.29) is 23.4 Å². The van der Waals surface area contributed by atoms with Crippen LogP contribution in [0.2, 0.25) is 0 Å². The molecule has 1 aromatic carbocycles. The lowest BCUT2D eigenvalue weighted by Crippen LogP contribution is -2.39. The maximum Gasteiger partial charge on any atom is 0.339 e.